The molecule has 8 nitrogen and oxygen atoms in total. The molecular formula is C10H18N6O2. The highest BCUT2D eigenvalue weighted by atomic mass is 16.5. The molecule has 0 spiro atoms. The van der Waals surface area contributed by atoms with Crippen molar-refractivity contribution in [2.45, 2.75) is 19.9 Å². The number of hydrogen-bond donors (Lipinski definition) is 4. The van der Waals surface area contributed by atoms with Gasteiger partial charge in [-0.1, -0.05) is 13.8 Å². The number of nitrogens with one attached hydrogen (secondary N) is 2. The fourth-order valence-corrected chi connectivity index (χ4v) is 1.40. The van der Waals surface area contributed by atoms with Gasteiger partial charge in [0, 0.05) is 6.07 Å². The van der Waals surface area contributed by atoms with Gasteiger partial charge in [-0.25, -0.2) is 10.6 Å². The van der Waals surface area contributed by atoms with Gasteiger partial charge in [0.2, 0.25) is 5.95 Å². The fourth-order valence-electron chi connectivity index (χ4n) is 1.40. The summed E-state index contributed by atoms with van der Waals surface area (Å²) in [5.41, 5.74) is 7.89. The molecule has 1 unspecified atom stereocenters. The summed E-state index contributed by atoms with van der Waals surface area (Å²) in [4.78, 5) is 19.4. The molecule has 1 atom stereocenters. The molecule has 0 aliphatic rings. The van der Waals surface area contributed by atoms with Crippen LogP contribution in [0.25, 0.3) is 0 Å². The minimum Gasteiger partial charge on any atom is -0.467 e. The highest BCUT2D eigenvalue weighted by molar-refractivity contribution is 5.79. The minimum atomic E-state index is -0.519. The summed E-state index contributed by atoms with van der Waals surface area (Å²) in [5.74, 6) is 5.73. The van der Waals surface area contributed by atoms with Crippen molar-refractivity contribution in [2.75, 3.05) is 23.6 Å². The van der Waals surface area contributed by atoms with Gasteiger partial charge in [-0.2, -0.15) is 9.97 Å². The van der Waals surface area contributed by atoms with E-state index in [9.17, 15) is 4.79 Å². The first-order valence-electron chi connectivity index (χ1n) is 5.43. The quantitative estimate of drug-likeness (QED) is 0.327. The summed E-state index contributed by atoms with van der Waals surface area (Å²) in [6, 6.07) is 1.03. The van der Waals surface area contributed by atoms with Crippen molar-refractivity contribution < 1.29 is 9.53 Å². The second-order valence-corrected chi connectivity index (χ2v) is 4.03. The Hall–Kier alpha value is -2.09. The normalized spacial score (nSPS) is 12.1. The zero-order chi connectivity index (χ0) is 13.7. The van der Waals surface area contributed by atoms with E-state index in [1.807, 2.05) is 13.8 Å². The molecule has 1 rings (SSSR count). The molecule has 0 saturated carbocycles. The number of rotatable bonds is 5. The number of nitrogens with zero attached hydrogens (tertiary/aromatic N) is 2. The van der Waals surface area contributed by atoms with Crippen molar-refractivity contribution >= 4 is 23.6 Å². The number of nitrogen functional groups attached to an aromatic ring is 2. The molecule has 0 radical (unpaired) electrons. The van der Waals surface area contributed by atoms with Crippen molar-refractivity contribution in [3.8, 4) is 0 Å². The Balaban J connectivity index is 2.93. The first-order chi connectivity index (χ1) is 8.47. The van der Waals surface area contributed by atoms with E-state index in [1.165, 1.54) is 7.11 Å². The van der Waals surface area contributed by atoms with Crippen LogP contribution in [-0.4, -0.2) is 29.1 Å². The molecule has 1 aromatic heterocycles. The zero-order valence-electron chi connectivity index (χ0n) is 10.6. The highest BCUT2D eigenvalue weighted by Gasteiger charge is 2.23. The van der Waals surface area contributed by atoms with Crippen LogP contribution in [0.15, 0.2) is 6.07 Å². The van der Waals surface area contributed by atoms with Crippen LogP contribution in [0.4, 0.5) is 17.6 Å². The molecule has 0 fully saturated rings. The van der Waals surface area contributed by atoms with Crippen LogP contribution in [0.3, 0.4) is 0 Å². The third kappa shape index (κ3) is 3.45. The monoisotopic (exact) mass is 254 g/mol. The van der Waals surface area contributed by atoms with Crippen LogP contribution in [0, 0.1) is 5.92 Å². The van der Waals surface area contributed by atoms with E-state index in [1.54, 1.807) is 6.07 Å². The summed E-state index contributed by atoms with van der Waals surface area (Å²) in [6.07, 6.45) is 0. The Bertz CT molecular complexity index is 423. The number of carbonyl (C=O) groups excluding carboxylic acids is 1. The Morgan fingerprint density at radius 3 is 2.50 bits per heavy atom. The molecule has 0 aromatic carbocycles. The lowest BCUT2D eigenvalue weighted by atomic mass is 10.0. The van der Waals surface area contributed by atoms with E-state index in [0.717, 1.165) is 0 Å². The molecule has 18 heavy (non-hydrogen) atoms. The van der Waals surface area contributed by atoms with Gasteiger partial charge in [0.25, 0.3) is 0 Å². The first kappa shape index (κ1) is 14.0. The van der Waals surface area contributed by atoms with Gasteiger partial charge in [0.1, 0.15) is 17.7 Å². The largest absolute Gasteiger partial charge is 0.467 e. The van der Waals surface area contributed by atoms with Crippen molar-refractivity contribution in [1.29, 1.82) is 0 Å². The van der Waals surface area contributed by atoms with E-state index < -0.39 is 6.04 Å². The van der Waals surface area contributed by atoms with E-state index in [2.05, 4.69) is 20.7 Å². The topological polar surface area (TPSA) is 128 Å². The van der Waals surface area contributed by atoms with Gasteiger partial charge in [0.05, 0.1) is 7.11 Å². The standard InChI is InChI=1S/C10H18N6O2/c1-5(2)8(9(17)18-3)13-6-4-7(16-12)15-10(11)14-6/h4-5,8H,12H2,1-3H3,(H4,11,13,14,15,16). The minimum absolute atomic E-state index is 0.0305. The van der Waals surface area contributed by atoms with Crippen LogP contribution in [0.5, 0.6) is 0 Å². The van der Waals surface area contributed by atoms with Crippen LogP contribution in [-0.2, 0) is 9.53 Å². The maximum absolute atomic E-state index is 11.6. The molecular weight excluding hydrogens is 236 g/mol. The van der Waals surface area contributed by atoms with Gasteiger partial charge in [-0.3, -0.25) is 0 Å². The summed E-state index contributed by atoms with van der Waals surface area (Å²) < 4.78 is 4.72. The number of methoxy groups -OCH3 is 1. The van der Waals surface area contributed by atoms with Gasteiger partial charge in [-0.05, 0) is 5.92 Å². The molecule has 0 bridgehead atoms. The van der Waals surface area contributed by atoms with Crippen LogP contribution in [0.1, 0.15) is 13.8 Å². The first-order valence-corrected chi connectivity index (χ1v) is 5.43. The zero-order valence-corrected chi connectivity index (χ0v) is 10.6. The molecule has 0 saturated heterocycles. The SMILES string of the molecule is COC(=O)C(Nc1cc(NN)nc(N)n1)C(C)C. The second-order valence-electron chi connectivity index (χ2n) is 4.03. The number of ether oxygens (including phenoxy) is 1. The highest BCUT2D eigenvalue weighted by Crippen LogP contribution is 2.15. The number of nitrogens with two attached hydrogens (primary N) is 2. The van der Waals surface area contributed by atoms with Crippen molar-refractivity contribution in [3.05, 3.63) is 6.07 Å². The van der Waals surface area contributed by atoms with Gasteiger partial charge in [-0.15, -0.1) is 0 Å². The molecule has 1 heterocycles. The summed E-state index contributed by atoms with van der Waals surface area (Å²) in [5, 5.41) is 2.94. The Morgan fingerprint density at radius 1 is 1.39 bits per heavy atom. The molecule has 0 aliphatic carbocycles. The van der Waals surface area contributed by atoms with Crippen molar-refractivity contribution in [1.82, 2.24) is 9.97 Å². The van der Waals surface area contributed by atoms with Crippen LogP contribution in [0.2, 0.25) is 0 Å². The lowest BCUT2D eigenvalue weighted by molar-refractivity contribution is -0.142. The van der Waals surface area contributed by atoms with Gasteiger partial charge >= 0.3 is 5.97 Å². The van der Waals surface area contributed by atoms with Crippen LogP contribution < -0.4 is 22.3 Å². The molecule has 100 valence electrons. The summed E-state index contributed by atoms with van der Waals surface area (Å²) in [6.45, 7) is 3.78. The number of esters is 1. The molecule has 0 aliphatic heterocycles. The maximum atomic E-state index is 11.6. The predicted molar refractivity (Wildman–Crippen MR) is 68.5 cm³/mol. The number of anilines is 3. The van der Waals surface area contributed by atoms with Crippen molar-refractivity contribution in [2.24, 2.45) is 11.8 Å². The number of hydrogen-bond acceptors (Lipinski definition) is 8. The second kappa shape index (κ2) is 6.01. The van der Waals surface area contributed by atoms with Gasteiger partial charge < -0.3 is 21.2 Å². The summed E-state index contributed by atoms with van der Waals surface area (Å²) >= 11 is 0. The summed E-state index contributed by atoms with van der Waals surface area (Å²) in [7, 11) is 1.33. The van der Waals surface area contributed by atoms with Crippen molar-refractivity contribution in [3.63, 3.8) is 0 Å². The fraction of sp³-hybridized carbons (Fsp3) is 0.500. The predicted octanol–water partition coefficient (Wildman–Crippen LogP) is -0.0461. The Morgan fingerprint density at radius 2 is 2.00 bits per heavy atom. The number of aromatic nitrogens is 2. The van der Waals surface area contributed by atoms with Crippen LogP contribution >= 0.6 is 0 Å². The molecule has 1 aromatic rings. The molecule has 6 N–H and O–H groups in total. The van der Waals surface area contributed by atoms with E-state index in [4.69, 9.17) is 16.3 Å². The molecule has 0 amide bonds. The number of carbonyl (C=O) groups is 1. The van der Waals surface area contributed by atoms with E-state index >= 15 is 0 Å². The maximum Gasteiger partial charge on any atom is 0.328 e. The lowest BCUT2D eigenvalue weighted by Crippen LogP contribution is -2.35. The van der Waals surface area contributed by atoms with Gasteiger partial charge in [0.15, 0.2) is 0 Å². The van der Waals surface area contributed by atoms with E-state index in [0.29, 0.717) is 11.6 Å². The third-order valence-electron chi connectivity index (χ3n) is 2.32. The number of hydrazine groups is 1. The third-order valence-corrected chi connectivity index (χ3v) is 2.32. The Labute approximate surface area is 105 Å². The lowest BCUT2D eigenvalue weighted by Gasteiger charge is -2.20. The average Bonchev–Trinajstić information content (AvgIpc) is 2.34. The Kier molecular flexibility index (Phi) is 4.67. The smallest absolute Gasteiger partial charge is 0.328 e. The van der Waals surface area contributed by atoms with E-state index in [-0.39, 0.29) is 17.8 Å². The molecule has 8 heteroatoms. The average molecular weight is 254 g/mol.